The monoisotopic (exact) mass is 281 g/mol. The van der Waals surface area contributed by atoms with Crippen molar-refractivity contribution in [3.63, 3.8) is 0 Å². The predicted octanol–water partition coefficient (Wildman–Crippen LogP) is 0.574. The van der Waals surface area contributed by atoms with E-state index in [1.807, 2.05) is 6.08 Å². The SMILES string of the molecule is NN(C=O)C1=C(CBr)C(N2CC2)=CC#CC1. The highest BCUT2D eigenvalue weighted by atomic mass is 79.9. The van der Waals surface area contributed by atoms with Gasteiger partial charge in [0.1, 0.15) is 0 Å². The molecule has 1 aliphatic heterocycles. The van der Waals surface area contributed by atoms with Crippen molar-refractivity contribution in [2.45, 2.75) is 6.42 Å². The summed E-state index contributed by atoms with van der Waals surface area (Å²) in [6.07, 6.45) is 3.02. The Kier molecular flexibility index (Phi) is 3.32. The number of amides is 1. The number of nitrogens with two attached hydrogens (primary N) is 1. The maximum absolute atomic E-state index is 10.7. The van der Waals surface area contributed by atoms with Crippen molar-refractivity contribution in [3.8, 4) is 11.8 Å². The number of halogens is 1. The maximum Gasteiger partial charge on any atom is 0.228 e. The number of hydrogen-bond acceptors (Lipinski definition) is 3. The first-order valence-electron chi connectivity index (χ1n) is 4.99. The Balaban J connectivity index is 2.40. The molecule has 2 rings (SSSR count). The van der Waals surface area contributed by atoms with Crippen LogP contribution in [0.25, 0.3) is 0 Å². The van der Waals surface area contributed by atoms with Crippen LogP contribution in [0.3, 0.4) is 0 Å². The lowest BCUT2D eigenvalue weighted by Gasteiger charge is -2.19. The van der Waals surface area contributed by atoms with Gasteiger partial charge in [0, 0.05) is 30.1 Å². The summed E-state index contributed by atoms with van der Waals surface area (Å²) in [7, 11) is 0. The van der Waals surface area contributed by atoms with E-state index < -0.39 is 0 Å². The maximum atomic E-state index is 10.7. The van der Waals surface area contributed by atoms with E-state index in [9.17, 15) is 4.79 Å². The van der Waals surface area contributed by atoms with E-state index in [0.29, 0.717) is 18.2 Å². The van der Waals surface area contributed by atoms with Crippen molar-refractivity contribution >= 4 is 22.3 Å². The van der Waals surface area contributed by atoms with E-state index in [-0.39, 0.29) is 0 Å². The molecule has 2 aliphatic rings. The lowest BCUT2D eigenvalue weighted by atomic mass is 10.1. The van der Waals surface area contributed by atoms with Crippen molar-refractivity contribution in [3.05, 3.63) is 23.0 Å². The Hall–Kier alpha value is -1.25. The second-order valence-corrected chi connectivity index (χ2v) is 4.15. The molecular weight excluding hydrogens is 270 g/mol. The van der Waals surface area contributed by atoms with Gasteiger partial charge in [-0.1, -0.05) is 27.8 Å². The van der Waals surface area contributed by atoms with Gasteiger partial charge in [0.05, 0.1) is 17.8 Å². The molecular formula is C11H12BrN3O. The molecule has 0 bridgehead atoms. The zero-order valence-electron chi connectivity index (χ0n) is 8.74. The van der Waals surface area contributed by atoms with Gasteiger partial charge in [-0.2, -0.15) is 0 Å². The van der Waals surface area contributed by atoms with Crippen LogP contribution in [0, 0.1) is 11.8 Å². The summed E-state index contributed by atoms with van der Waals surface area (Å²) in [5.41, 5.74) is 2.88. The molecule has 0 atom stereocenters. The molecule has 1 saturated heterocycles. The van der Waals surface area contributed by atoms with Gasteiger partial charge in [-0.25, -0.2) is 5.84 Å². The molecule has 1 aliphatic carbocycles. The zero-order chi connectivity index (χ0) is 11.5. The fourth-order valence-electron chi connectivity index (χ4n) is 1.63. The highest BCUT2D eigenvalue weighted by Crippen LogP contribution is 2.28. The molecule has 1 fully saturated rings. The average Bonchev–Trinajstić information content (AvgIpc) is 3.12. The van der Waals surface area contributed by atoms with Gasteiger partial charge in [-0.05, 0) is 0 Å². The second-order valence-electron chi connectivity index (χ2n) is 3.59. The summed E-state index contributed by atoms with van der Waals surface area (Å²) < 4.78 is 0. The number of hydrogen-bond donors (Lipinski definition) is 1. The third-order valence-electron chi connectivity index (χ3n) is 2.57. The van der Waals surface area contributed by atoms with Gasteiger partial charge in [0.2, 0.25) is 6.41 Å². The lowest BCUT2D eigenvalue weighted by Crippen LogP contribution is -2.30. The Bertz CT molecular complexity index is 426. The third-order valence-corrected chi connectivity index (χ3v) is 3.13. The minimum absolute atomic E-state index is 0.504. The van der Waals surface area contributed by atoms with E-state index in [1.54, 1.807) is 0 Å². The van der Waals surface area contributed by atoms with E-state index in [0.717, 1.165) is 35.1 Å². The van der Waals surface area contributed by atoms with Crippen LogP contribution in [-0.4, -0.2) is 34.7 Å². The summed E-state index contributed by atoms with van der Waals surface area (Å²) in [6, 6.07) is 0. The topological polar surface area (TPSA) is 49.3 Å². The Morgan fingerprint density at radius 3 is 2.94 bits per heavy atom. The largest absolute Gasteiger partial charge is 0.367 e. The molecule has 0 aromatic rings. The molecule has 0 spiro atoms. The molecule has 16 heavy (non-hydrogen) atoms. The van der Waals surface area contributed by atoms with Crippen molar-refractivity contribution in [2.75, 3.05) is 18.4 Å². The van der Waals surface area contributed by atoms with Gasteiger partial charge < -0.3 is 4.90 Å². The number of nitrogens with zero attached hydrogens (tertiary/aromatic N) is 2. The summed E-state index contributed by atoms with van der Waals surface area (Å²) in [5, 5.41) is 1.78. The molecule has 4 nitrogen and oxygen atoms in total. The van der Waals surface area contributed by atoms with E-state index in [4.69, 9.17) is 5.84 Å². The summed E-state index contributed by atoms with van der Waals surface area (Å²) >= 11 is 3.44. The molecule has 84 valence electrons. The first kappa shape index (κ1) is 11.2. The van der Waals surface area contributed by atoms with Crippen molar-refractivity contribution in [2.24, 2.45) is 5.84 Å². The highest BCUT2D eigenvalue weighted by Gasteiger charge is 2.26. The molecule has 0 aromatic carbocycles. The number of rotatable bonds is 4. The predicted molar refractivity (Wildman–Crippen MR) is 65.0 cm³/mol. The van der Waals surface area contributed by atoms with Gasteiger partial charge in [-0.3, -0.25) is 9.80 Å². The van der Waals surface area contributed by atoms with Gasteiger partial charge >= 0.3 is 0 Å². The number of alkyl halides is 1. The van der Waals surface area contributed by atoms with Crippen LogP contribution in [0.1, 0.15) is 6.42 Å². The van der Waals surface area contributed by atoms with Crippen LogP contribution in [-0.2, 0) is 4.79 Å². The molecule has 0 unspecified atom stereocenters. The van der Waals surface area contributed by atoms with Crippen LogP contribution in [0.5, 0.6) is 0 Å². The molecule has 1 amide bonds. The second kappa shape index (κ2) is 4.73. The van der Waals surface area contributed by atoms with Crippen LogP contribution < -0.4 is 5.84 Å². The van der Waals surface area contributed by atoms with E-state index >= 15 is 0 Å². The van der Waals surface area contributed by atoms with Gasteiger partial charge in [-0.15, -0.1) is 0 Å². The standard InChI is InChI=1S/C11H12BrN3O/c12-7-9-10(14-5-6-14)3-1-2-4-11(9)15(13)8-16/h3,8H,4-7,13H2. The summed E-state index contributed by atoms with van der Waals surface area (Å²) in [4.78, 5) is 12.9. The summed E-state index contributed by atoms with van der Waals surface area (Å²) in [6.45, 7) is 2.09. The Morgan fingerprint density at radius 2 is 2.38 bits per heavy atom. The minimum Gasteiger partial charge on any atom is -0.367 e. The lowest BCUT2D eigenvalue weighted by molar-refractivity contribution is -0.116. The average molecular weight is 282 g/mol. The smallest absolute Gasteiger partial charge is 0.228 e. The van der Waals surface area contributed by atoms with Crippen LogP contribution in [0.2, 0.25) is 0 Å². The molecule has 2 N–H and O–H groups in total. The van der Waals surface area contributed by atoms with Crippen molar-refractivity contribution in [1.29, 1.82) is 0 Å². The fourth-order valence-corrected chi connectivity index (χ4v) is 2.24. The molecule has 0 saturated carbocycles. The van der Waals surface area contributed by atoms with Gasteiger partial charge in [0.15, 0.2) is 0 Å². The Morgan fingerprint density at radius 1 is 1.62 bits per heavy atom. The van der Waals surface area contributed by atoms with Gasteiger partial charge in [0.25, 0.3) is 0 Å². The number of hydrazine groups is 1. The Labute approximate surface area is 103 Å². The van der Waals surface area contributed by atoms with Crippen LogP contribution >= 0.6 is 15.9 Å². The molecule has 1 heterocycles. The first-order chi connectivity index (χ1) is 7.77. The quantitative estimate of drug-likeness (QED) is 0.156. The molecule has 0 radical (unpaired) electrons. The van der Waals surface area contributed by atoms with E-state index in [2.05, 4.69) is 32.7 Å². The molecule has 5 heteroatoms. The first-order valence-corrected chi connectivity index (χ1v) is 6.11. The number of allylic oxidation sites excluding steroid dienone is 3. The molecule has 0 aromatic heterocycles. The number of carbonyl (C=O) groups excluding carboxylic acids is 1. The number of carbonyl (C=O) groups is 1. The zero-order valence-corrected chi connectivity index (χ0v) is 10.3. The third kappa shape index (κ3) is 2.13. The minimum atomic E-state index is 0.504. The van der Waals surface area contributed by atoms with Crippen molar-refractivity contribution < 1.29 is 4.79 Å². The summed E-state index contributed by atoms with van der Waals surface area (Å²) in [5.74, 6) is 11.6. The van der Waals surface area contributed by atoms with Crippen molar-refractivity contribution in [1.82, 2.24) is 9.91 Å². The van der Waals surface area contributed by atoms with Crippen LogP contribution in [0.15, 0.2) is 23.0 Å². The highest BCUT2D eigenvalue weighted by molar-refractivity contribution is 9.09. The van der Waals surface area contributed by atoms with Crippen LogP contribution in [0.4, 0.5) is 0 Å². The normalized spacial score (nSPS) is 18.4. The van der Waals surface area contributed by atoms with E-state index in [1.165, 1.54) is 0 Å². The fraction of sp³-hybridized carbons (Fsp3) is 0.364.